The van der Waals surface area contributed by atoms with Crippen molar-refractivity contribution in [3.8, 4) is 0 Å². The lowest BCUT2D eigenvalue weighted by atomic mass is 10.2. The van der Waals surface area contributed by atoms with E-state index in [2.05, 4.69) is 63.0 Å². The van der Waals surface area contributed by atoms with E-state index in [4.69, 9.17) is 4.98 Å². The number of thiazole rings is 1. The van der Waals surface area contributed by atoms with Gasteiger partial charge in [0, 0.05) is 5.57 Å². The molecule has 1 atom stereocenters. The number of fused-ring (bicyclic) bond motifs is 1. The first-order valence-electron chi connectivity index (χ1n) is 8.89. The van der Waals surface area contributed by atoms with Gasteiger partial charge in [-0.15, -0.1) is 17.9 Å². The van der Waals surface area contributed by atoms with Crippen molar-refractivity contribution in [2.24, 2.45) is 5.92 Å². The van der Waals surface area contributed by atoms with Gasteiger partial charge in [0.1, 0.15) is 5.01 Å². The second-order valence-corrected chi connectivity index (χ2v) is 5.53. The maximum atomic E-state index is 4.70. The second-order valence-electron chi connectivity index (χ2n) is 4.50. The molecule has 1 aliphatic rings. The molecule has 0 saturated heterocycles. The fourth-order valence-electron chi connectivity index (χ4n) is 1.72. The quantitative estimate of drug-likeness (QED) is 0.390. The second kappa shape index (κ2) is 16.2. The topological polar surface area (TPSA) is 12.9 Å². The minimum Gasteiger partial charge on any atom is -0.236 e. The van der Waals surface area contributed by atoms with Gasteiger partial charge in [0.15, 0.2) is 0 Å². The summed E-state index contributed by atoms with van der Waals surface area (Å²) < 4.78 is 0. The highest BCUT2D eigenvalue weighted by Crippen LogP contribution is 2.29. The van der Waals surface area contributed by atoms with Gasteiger partial charge in [-0.25, -0.2) is 4.98 Å². The molecule has 2 rings (SSSR count). The molecule has 1 aliphatic carbocycles. The van der Waals surface area contributed by atoms with Gasteiger partial charge in [0.2, 0.25) is 0 Å². The summed E-state index contributed by atoms with van der Waals surface area (Å²) in [6.07, 6.45) is 16.7. The predicted molar refractivity (Wildman–Crippen MR) is 116 cm³/mol. The van der Waals surface area contributed by atoms with E-state index in [-0.39, 0.29) is 0 Å². The van der Waals surface area contributed by atoms with Crippen molar-refractivity contribution in [2.45, 2.75) is 55.4 Å². The lowest BCUT2D eigenvalue weighted by molar-refractivity contribution is 0.953. The van der Waals surface area contributed by atoms with Crippen LogP contribution in [0.4, 0.5) is 0 Å². The third-order valence-electron chi connectivity index (χ3n) is 2.69. The zero-order valence-corrected chi connectivity index (χ0v) is 17.6. The van der Waals surface area contributed by atoms with E-state index < -0.39 is 0 Å². The standard InChI is InChI=1S/C15H17NS.C3H6.2C2H6/c1-4-6-12(5-2)15-16-13-9-7-11(3)8-10-14(13)17-15;1-3-2;2*1-2/h4-11H,1-3H3;3H,1H2,2H3;2*1-2H3/b6-4-,12-5+;;;. The van der Waals surface area contributed by atoms with Crippen LogP contribution in [0.2, 0.25) is 0 Å². The molecule has 1 unspecified atom stereocenters. The predicted octanol–water partition coefficient (Wildman–Crippen LogP) is 8.04. The molecule has 0 bridgehead atoms. The molecule has 134 valence electrons. The molecule has 0 aromatic carbocycles. The molecule has 0 spiro atoms. The lowest BCUT2D eigenvalue weighted by Crippen LogP contribution is -1.81. The van der Waals surface area contributed by atoms with Crippen molar-refractivity contribution < 1.29 is 0 Å². The molecule has 1 nitrogen and oxygen atoms in total. The van der Waals surface area contributed by atoms with Crippen molar-refractivity contribution in [3.63, 3.8) is 0 Å². The van der Waals surface area contributed by atoms with E-state index in [1.807, 2.05) is 41.5 Å². The molecule has 0 N–H and O–H groups in total. The third-order valence-corrected chi connectivity index (χ3v) is 3.78. The minimum atomic E-state index is 0.497. The van der Waals surface area contributed by atoms with E-state index in [1.165, 1.54) is 10.5 Å². The molecule has 24 heavy (non-hydrogen) atoms. The largest absolute Gasteiger partial charge is 0.236 e. The number of aromatic nitrogens is 1. The van der Waals surface area contributed by atoms with Crippen LogP contribution in [0, 0.1) is 5.92 Å². The first-order chi connectivity index (χ1) is 11.7. The molecule has 0 radical (unpaired) electrons. The van der Waals surface area contributed by atoms with E-state index in [0.29, 0.717) is 5.92 Å². The lowest BCUT2D eigenvalue weighted by Gasteiger charge is -1.95. The van der Waals surface area contributed by atoms with Crippen molar-refractivity contribution in [3.05, 3.63) is 58.6 Å². The van der Waals surface area contributed by atoms with E-state index in [9.17, 15) is 0 Å². The average Bonchev–Trinajstić information content (AvgIpc) is 2.95. The molecule has 0 fully saturated rings. The number of allylic oxidation sites excluding steroid dienone is 7. The van der Waals surface area contributed by atoms with Gasteiger partial charge in [0.05, 0.1) is 10.6 Å². The molecular formula is C22H35NS. The van der Waals surface area contributed by atoms with Gasteiger partial charge in [-0.2, -0.15) is 0 Å². The molecule has 1 aromatic rings. The Bertz CT molecular complexity index is 525. The van der Waals surface area contributed by atoms with Crippen LogP contribution in [0.15, 0.2) is 43.0 Å². The van der Waals surface area contributed by atoms with Gasteiger partial charge in [-0.3, -0.25) is 0 Å². The molecule has 0 aliphatic heterocycles. The van der Waals surface area contributed by atoms with Gasteiger partial charge < -0.3 is 0 Å². The Balaban J connectivity index is 0. The smallest absolute Gasteiger partial charge is 0.124 e. The van der Waals surface area contributed by atoms with Crippen LogP contribution in [0.5, 0.6) is 0 Å². The van der Waals surface area contributed by atoms with Gasteiger partial charge in [0.25, 0.3) is 0 Å². The summed E-state index contributed by atoms with van der Waals surface area (Å²) in [5.41, 5.74) is 2.29. The van der Waals surface area contributed by atoms with Crippen molar-refractivity contribution >= 4 is 29.1 Å². The normalized spacial score (nSPS) is 15.0. The van der Waals surface area contributed by atoms with Crippen LogP contribution < -0.4 is 0 Å². The number of hydrogen-bond donors (Lipinski definition) is 0. The van der Waals surface area contributed by atoms with E-state index >= 15 is 0 Å². The van der Waals surface area contributed by atoms with E-state index in [1.54, 1.807) is 17.4 Å². The first kappa shape index (κ1) is 24.6. The molecule has 1 heterocycles. The highest BCUT2D eigenvalue weighted by atomic mass is 32.1. The number of nitrogens with zero attached hydrogens (tertiary/aromatic N) is 1. The third kappa shape index (κ3) is 8.83. The summed E-state index contributed by atoms with van der Waals surface area (Å²) in [6, 6.07) is 0. The van der Waals surface area contributed by atoms with E-state index in [0.717, 1.165) is 10.7 Å². The van der Waals surface area contributed by atoms with Crippen molar-refractivity contribution in [1.82, 2.24) is 4.98 Å². The Labute approximate surface area is 154 Å². The SMILES string of the molecule is C/C=C\C(=C/C)c1nc2c(s1)C=CC(C)C=C2.C=CC.CC.CC. The monoisotopic (exact) mass is 345 g/mol. The molecule has 0 amide bonds. The van der Waals surface area contributed by atoms with Crippen molar-refractivity contribution in [2.75, 3.05) is 0 Å². The molecular weight excluding hydrogens is 310 g/mol. The van der Waals surface area contributed by atoms with Gasteiger partial charge in [-0.1, -0.05) is 71.1 Å². The fraction of sp³-hybridized carbons (Fsp3) is 0.409. The van der Waals surface area contributed by atoms with Crippen LogP contribution in [0.3, 0.4) is 0 Å². The number of hydrogen-bond acceptors (Lipinski definition) is 2. The van der Waals surface area contributed by atoms with Crippen LogP contribution in [0.25, 0.3) is 17.7 Å². The zero-order chi connectivity index (χ0) is 19.0. The number of rotatable bonds is 2. The highest BCUT2D eigenvalue weighted by Gasteiger charge is 2.10. The zero-order valence-electron chi connectivity index (χ0n) is 16.8. The molecule has 0 saturated carbocycles. The summed E-state index contributed by atoms with van der Waals surface area (Å²) in [4.78, 5) is 5.95. The minimum absolute atomic E-state index is 0.497. The Hall–Kier alpha value is -1.67. The van der Waals surface area contributed by atoms with Crippen LogP contribution in [-0.4, -0.2) is 4.98 Å². The Morgan fingerprint density at radius 1 is 1.08 bits per heavy atom. The van der Waals surface area contributed by atoms with Crippen LogP contribution in [0.1, 0.15) is 71.0 Å². The Morgan fingerprint density at radius 3 is 2.12 bits per heavy atom. The van der Waals surface area contributed by atoms with Gasteiger partial charge >= 0.3 is 0 Å². The first-order valence-corrected chi connectivity index (χ1v) is 9.71. The summed E-state index contributed by atoms with van der Waals surface area (Å²) in [6.45, 7) is 19.5. The van der Waals surface area contributed by atoms with Crippen LogP contribution in [-0.2, 0) is 0 Å². The maximum Gasteiger partial charge on any atom is 0.124 e. The summed E-state index contributed by atoms with van der Waals surface area (Å²) in [5, 5.41) is 1.10. The average molecular weight is 346 g/mol. The van der Waals surface area contributed by atoms with Crippen LogP contribution >= 0.6 is 11.3 Å². The Kier molecular flexibility index (Phi) is 16.6. The molecule has 1 aromatic heterocycles. The summed E-state index contributed by atoms with van der Waals surface area (Å²) in [5.74, 6) is 0.497. The summed E-state index contributed by atoms with van der Waals surface area (Å²) >= 11 is 1.75. The fourth-order valence-corrected chi connectivity index (χ4v) is 2.74. The maximum absolute atomic E-state index is 4.70. The van der Waals surface area contributed by atoms with Gasteiger partial charge in [-0.05, 0) is 38.8 Å². The van der Waals surface area contributed by atoms with Crippen molar-refractivity contribution in [1.29, 1.82) is 0 Å². The summed E-state index contributed by atoms with van der Waals surface area (Å²) in [7, 11) is 0. The highest BCUT2D eigenvalue weighted by molar-refractivity contribution is 7.13. The Morgan fingerprint density at radius 2 is 1.62 bits per heavy atom. The molecule has 2 heteroatoms.